The van der Waals surface area contributed by atoms with Crippen LogP contribution in [0.5, 0.6) is 0 Å². The molecule has 0 aromatic rings. The van der Waals surface area contributed by atoms with Gasteiger partial charge in [-0.3, -0.25) is 9.59 Å². The number of amides is 2. The summed E-state index contributed by atoms with van der Waals surface area (Å²) in [5.41, 5.74) is -0.382. The van der Waals surface area contributed by atoms with Gasteiger partial charge >= 0.3 is 0 Å². The van der Waals surface area contributed by atoms with Gasteiger partial charge < -0.3 is 15.7 Å². The minimum Gasteiger partial charge on any atom is -0.387 e. The van der Waals surface area contributed by atoms with Crippen LogP contribution in [0.1, 0.15) is 72.6 Å². The van der Waals surface area contributed by atoms with Gasteiger partial charge in [-0.05, 0) is 31.1 Å². The van der Waals surface area contributed by atoms with Crippen LogP contribution in [0, 0.1) is 11.8 Å². The summed E-state index contributed by atoms with van der Waals surface area (Å²) in [7, 11) is 0. The molecule has 0 aromatic heterocycles. The van der Waals surface area contributed by atoms with E-state index in [4.69, 9.17) is 5.11 Å². The quantitative estimate of drug-likeness (QED) is 0.694. The zero-order valence-electron chi connectivity index (χ0n) is 15.2. The number of hydrogen-bond donors (Lipinski definition) is 3. The van der Waals surface area contributed by atoms with Crippen LogP contribution < -0.4 is 10.6 Å². The molecular formula is C18H34N2O3. The molecule has 3 saturated carbocycles. The lowest BCUT2D eigenvalue weighted by atomic mass is 9.84. The molecule has 3 fully saturated rings. The normalized spacial score (nSPS) is 36.0. The standard InChI is InChI=1S/C8H16.C7H10N2O3.C3H8/c1-7-4-3-5-8(2)6-7;10-1-5(12)9-7-2-6(7,3-7)8-4-11;1-3-2/h7-8H,3-6H2,1-2H3;4,10H,1-3H2,(H,8,11)(H,9,12);3H2,1-2H3. The van der Waals surface area contributed by atoms with Crippen LogP contribution in [0.2, 0.25) is 0 Å². The molecule has 2 atom stereocenters. The smallest absolute Gasteiger partial charge is 0.246 e. The van der Waals surface area contributed by atoms with Gasteiger partial charge in [-0.1, -0.05) is 53.4 Å². The maximum Gasteiger partial charge on any atom is 0.246 e. The van der Waals surface area contributed by atoms with E-state index in [1.165, 1.54) is 32.1 Å². The Hall–Kier alpha value is -1.10. The highest BCUT2D eigenvalue weighted by Gasteiger charge is 2.84. The third-order valence-electron chi connectivity index (χ3n) is 4.93. The Morgan fingerprint density at radius 2 is 1.70 bits per heavy atom. The van der Waals surface area contributed by atoms with E-state index in [0.29, 0.717) is 6.41 Å². The Morgan fingerprint density at radius 3 is 2.04 bits per heavy atom. The summed E-state index contributed by atoms with van der Waals surface area (Å²) < 4.78 is 0. The van der Waals surface area contributed by atoms with E-state index in [2.05, 4.69) is 38.3 Å². The summed E-state index contributed by atoms with van der Waals surface area (Å²) in [5.74, 6) is 1.65. The lowest BCUT2D eigenvalue weighted by Gasteiger charge is -2.22. The van der Waals surface area contributed by atoms with E-state index in [1.807, 2.05) is 0 Å². The fourth-order valence-electron chi connectivity index (χ4n) is 3.49. The molecule has 3 aliphatic rings. The van der Waals surface area contributed by atoms with Crippen molar-refractivity contribution in [1.29, 1.82) is 0 Å². The van der Waals surface area contributed by atoms with E-state index >= 15 is 0 Å². The lowest BCUT2D eigenvalue weighted by molar-refractivity contribution is -0.124. The Bertz CT molecular complexity index is 384. The summed E-state index contributed by atoms with van der Waals surface area (Å²) in [6.45, 7) is 8.50. The Balaban J connectivity index is 0.000000209. The van der Waals surface area contributed by atoms with Gasteiger partial charge in [-0.15, -0.1) is 0 Å². The minimum absolute atomic E-state index is 0.167. The van der Waals surface area contributed by atoms with Gasteiger partial charge in [-0.25, -0.2) is 0 Å². The predicted molar refractivity (Wildman–Crippen MR) is 91.9 cm³/mol. The number of carbonyl (C=O) groups excluding carboxylic acids is 2. The summed E-state index contributed by atoms with van der Waals surface area (Å²) in [6, 6.07) is 0. The monoisotopic (exact) mass is 326 g/mol. The molecule has 2 unspecified atom stereocenters. The molecule has 3 N–H and O–H groups in total. The average molecular weight is 326 g/mol. The summed E-state index contributed by atoms with van der Waals surface area (Å²) in [6.07, 6.45) is 9.39. The number of aliphatic hydroxyl groups excluding tert-OH is 1. The van der Waals surface area contributed by atoms with Gasteiger partial charge in [-0.2, -0.15) is 0 Å². The van der Waals surface area contributed by atoms with Crippen LogP contribution in [-0.4, -0.2) is 35.1 Å². The van der Waals surface area contributed by atoms with Crippen molar-refractivity contribution < 1.29 is 14.7 Å². The van der Waals surface area contributed by atoms with Crippen LogP contribution >= 0.6 is 0 Å². The highest BCUT2D eigenvalue weighted by atomic mass is 16.3. The maximum atomic E-state index is 10.8. The van der Waals surface area contributed by atoms with Gasteiger partial charge in [0.25, 0.3) is 0 Å². The molecule has 2 amide bonds. The van der Waals surface area contributed by atoms with Crippen molar-refractivity contribution in [3.8, 4) is 0 Å². The van der Waals surface area contributed by atoms with Crippen LogP contribution in [0.4, 0.5) is 0 Å². The van der Waals surface area contributed by atoms with E-state index in [0.717, 1.165) is 24.7 Å². The Kier molecular flexibility index (Phi) is 7.52. The second-order valence-electron chi connectivity index (χ2n) is 7.57. The van der Waals surface area contributed by atoms with Gasteiger partial charge in [0.15, 0.2) is 0 Å². The topological polar surface area (TPSA) is 78.4 Å². The fraction of sp³-hybridized carbons (Fsp3) is 0.889. The van der Waals surface area contributed by atoms with E-state index < -0.39 is 6.61 Å². The Labute approximate surface area is 140 Å². The van der Waals surface area contributed by atoms with Crippen LogP contribution in [0.3, 0.4) is 0 Å². The third-order valence-corrected chi connectivity index (χ3v) is 4.93. The fourth-order valence-corrected chi connectivity index (χ4v) is 3.49. The molecule has 0 radical (unpaired) electrons. The first-order chi connectivity index (χ1) is 10.9. The van der Waals surface area contributed by atoms with E-state index in [-0.39, 0.29) is 17.0 Å². The second kappa shape index (κ2) is 8.67. The number of aliphatic hydroxyl groups is 1. The van der Waals surface area contributed by atoms with Crippen molar-refractivity contribution in [2.24, 2.45) is 11.8 Å². The molecule has 0 spiro atoms. The largest absolute Gasteiger partial charge is 0.387 e. The Morgan fingerprint density at radius 1 is 1.17 bits per heavy atom. The zero-order valence-corrected chi connectivity index (χ0v) is 15.2. The molecule has 0 aromatic carbocycles. The molecular weight excluding hydrogens is 292 g/mol. The van der Waals surface area contributed by atoms with Crippen molar-refractivity contribution in [3.63, 3.8) is 0 Å². The van der Waals surface area contributed by atoms with Gasteiger partial charge in [0, 0.05) is 0 Å². The third kappa shape index (κ3) is 5.48. The number of nitrogens with one attached hydrogen (secondary N) is 2. The van der Waals surface area contributed by atoms with Crippen LogP contribution in [-0.2, 0) is 9.59 Å². The van der Waals surface area contributed by atoms with Crippen molar-refractivity contribution >= 4 is 12.3 Å². The summed E-state index contributed by atoms with van der Waals surface area (Å²) in [4.78, 5) is 20.9. The van der Waals surface area contributed by atoms with Gasteiger partial charge in [0.1, 0.15) is 6.61 Å². The molecule has 3 aliphatic carbocycles. The van der Waals surface area contributed by atoms with Crippen LogP contribution in [0.15, 0.2) is 0 Å². The molecule has 134 valence electrons. The SMILES string of the molecule is CC1CCCC(C)C1.CCC.O=CNC12CC1(NC(=O)CO)C2. The first-order valence-electron chi connectivity index (χ1n) is 9.01. The summed E-state index contributed by atoms with van der Waals surface area (Å²) in [5, 5.41) is 13.8. The van der Waals surface area contributed by atoms with Gasteiger partial charge in [0.2, 0.25) is 12.3 Å². The maximum absolute atomic E-state index is 10.8. The number of hydrogen-bond acceptors (Lipinski definition) is 3. The first-order valence-corrected chi connectivity index (χ1v) is 9.01. The first kappa shape index (κ1) is 19.9. The molecule has 23 heavy (non-hydrogen) atoms. The lowest BCUT2D eigenvalue weighted by Crippen LogP contribution is -2.34. The predicted octanol–water partition coefficient (Wildman–Crippen LogP) is 2.37. The van der Waals surface area contributed by atoms with Gasteiger partial charge in [0.05, 0.1) is 11.1 Å². The van der Waals surface area contributed by atoms with E-state index in [9.17, 15) is 9.59 Å². The molecule has 0 saturated heterocycles. The second-order valence-corrected chi connectivity index (χ2v) is 7.57. The van der Waals surface area contributed by atoms with Crippen molar-refractivity contribution in [2.75, 3.05) is 6.61 Å². The van der Waals surface area contributed by atoms with E-state index in [1.54, 1.807) is 0 Å². The molecule has 3 rings (SSSR count). The van der Waals surface area contributed by atoms with Crippen molar-refractivity contribution in [1.82, 2.24) is 10.6 Å². The molecule has 5 nitrogen and oxygen atoms in total. The van der Waals surface area contributed by atoms with Crippen molar-refractivity contribution in [2.45, 2.75) is 83.7 Å². The number of carbonyl (C=O) groups is 2. The highest BCUT2D eigenvalue weighted by molar-refractivity contribution is 5.81. The zero-order chi connectivity index (χ0) is 17.5. The number of fused-ring (bicyclic) bond motifs is 1. The molecule has 0 heterocycles. The highest BCUT2D eigenvalue weighted by Crippen LogP contribution is 2.70. The molecule has 0 aliphatic heterocycles. The number of rotatable bonds is 4. The summed E-state index contributed by atoms with van der Waals surface area (Å²) >= 11 is 0. The molecule has 0 bridgehead atoms. The molecule has 5 heteroatoms. The minimum atomic E-state index is -0.487. The van der Waals surface area contributed by atoms with Crippen LogP contribution in [0.25, 0.3) is 0 Å². The average Bonchev–Trinajstić information content (AvgIpc) is 3.26. The van der Waals surface area contributed by atoms with Crippen molar-refractivity contribution in [3.05, 3.63) is 0 Å².